The molecule has 2 aromatic rings. The number of rotatable bonds is 8. The Kier molecular flexibility index (Phi) is 6.84. The molecule has 1 atom stereocenters. The monoisotopic (exact) mass is 354 g/mol. The quantitative estimate of drug-likeness (QED) is 0.396. The third-order valence-corrected chi connectivity index (χ3v) is 4.37. The Bertz CT molecular complexity index is 780. The molecule has 0 aliphatic rings. The third kappa shape index (κ3) is 4.88. The van der Waals surface area contributed by atoms with E-state index in [9.17, 15) is 4.79 Å². The van der Waals surface area contributed by atoms with Crippen LogP contribution in [0.3, 0.4) is 0 Å². The lowest BCUT2D eigenvalue weighted by Gasteiger charge is -2.17. The van der Waals surface area contributed by atoms with Gasteiger partial charge < -0.3 is 14.2 Å². The first-order valence-corrected chi connectivity index (χ1v) is 8.63. The van der Waals surface area contributed by atoms with Gasteiger partial charge in [0.05, 0.1) is 7.11 Å². The maximum absolute atomic E-state index is 11.0. The summed E-state index contributed by atoms with van der Waals surface area (Å²) in [5, 5.41) is 0. The van der Waals surface area contributed by atoms with Crippen LogP contribution in [0, 0.1) is 13.8 Å². The Morgan fingerprint density at radius 2 is 1.62 bits per heavy atom. The summed E-state index contributed by atoms with van der Waals surface area (Å²) < 4.78 is 15.9. The topological polar surface area (TPSA) is 44.8 Å². The summed E-state index contributed by atoms with van der Waals surface area (Å²) >= 11 is 0. The van der Waals surface area contributed by atoms with E-state index in [0.29, 0.717) is 6.61 Å². The van der Waals surface area contributed by atoms with Crippen molar-refractivity contribution in [1.29, 1.82) is 0 Å². The Morgan fingerprint density at radius 1 is 1.04 bits per heavy atom. The molecule has 4 heteroatoms. The number of carbonyl (C=O) groups is 1. The minimum atomic E-state index is -0.440. The van der Waals surface area contributed by atoms with E-state index in [-0.39, 0.29) is 12.5 Å². The molecule has 0 heterocycles. The summed E-state index contributed by atoms with van der Waals surface area (Å²) in [4.78, 5) is 11.0. The Morgan fingerprint density at radius 3 is 2.12 bits per heavy atom. The van der Waals surface area contributed by atoms with Crippen molar-refractivity contribution in [3.8, 4) is 11.5 Å². The second-order valence-electron chi connectivity index (χ2n) is 6.20. The first-order chi connectivity index (χ1) is 12.5. The molecule has 0 saturated carbocycles. The van der Waals surface area contributed by atoms with Gasteiger partial charge in [-0.2, -0.15) is 0 Å². The fraction of sp³-hybridized carbons (Fsp3) is 0.318. The highest BCUT2D eigenvalue weighted by atomic mass is 16.6. The number of esters is 1. The summed E-state index contributed by atoms with van der Waals surface area (Å²) in [5.41, 5.74) is 4.64. The number of aryl methyl sites for hydroxylation is 2. The Labute approximate surface area is 155 Å². The zero-order valence-electron chi connectivity index (χ0n) is 15.9. The molecule has 2 aromatic carbocycles. The van der Waals surface area contributed by atoms with Gasteiger partial charge in [-0.1, -0.05) is 37.8 Å². The molecule has 2 rings (SSSR count). The molecule has 26 heavy (non-hydrogen) atoms. The molecule has 0 aliphatic carbocycles. The van der Waals surface area contributed by atoms with E-state index < -0.39 is 5.97 Å². The zero-order valence-corrected chi connectivity index (χ0v) is 15.9. The van der Waals surface area contributed by atoms with Gasteiger partial charge >= 0.3 is 5.97 Å². The second-order valence-corrected chi connectivity index (χ2v) is 6.20. The van der Waals surface area contributed by atoms with Gasteiger partial charge in [-0.05, 0) is 48.2 Å². The van der Waals surface area contributed by atoms with E-state index in [4.69, 9.17) is 14.2 Å². The third-order valence-electron chi connectivity index (χ3n) is 4.37. The lowest BCUT2D eigenvalue weighted by Crippen LogP contribution is -2.10. The van der Waals surface area contributed by atoms with Crippen LogP contribution in [0.25, 0.3) is 0 Å². The summed E-state index contributed by atoms with van der Waals surface area (Å²) in [6.45, 7) is 10.1. The minimum absolute atomic E-state index is 0.202. The summed E-state index contributed by atoms with van der Waals surface area (Å²) in [6.07, 6.45) is 1.14. The minimum Gasteiger partial charge on any atom is -0.496 e. The molecule has 0 radical (unpaired) electrons. The number of benzene rings is 2. The van der Waals surface area contributed by atoms with Gasteiger partial charge in [0.2, 0.25) is 0 Å². The van der Waals surface area contributed by atoms with Crippen LogP contribution >= 0.6 is 0 Å². The predicted molar refractivity (Wildman–Crippen MR) is 103 cm³/mol. The van der Waals surface area contributed by atoms with Gasteiger partial charge in [0.25, 0.3) is 0 Å². The van der Waals surface area contributed by atoms with E-state index in [1.165, 1.54) is 11.1 Å². The molecule has 0 aliphatic heterocycles. The van der Waals surface area contributed by atoms with E-state index in [0.717, 1.165) is 28.7 Å². The maximum Gasteiger partial charge on any atom is 0.330 e. The van der Waals surface area contributed by atoms with Gasteiger partial charge in [0.15, 0.2) is 0 Å². The van der Waals surface area contributed by atoms with E-state index in [1.54, 1.807) is 7.11 Å². The van der Waals surface area contributed by atoms with E-state index in [2.05, 4.69) is 44.7 Å². The average molecular weight is 354 g/mol. The number of carbonyl (C=O) groups excluding carboxylic acids is 1. The molecule has 138 valence electrons. The molecular weight excluding hydrogens is 328 g/mol. The van der Waals surface area contributed by atoms with Crippen molar-refractivity contribution in [2.24, 2.45) is 0 Å². The van der Waals surface area contributed by atoms with Gasteiger partial charge in [-0.3, -0.25) is 0 Å². The SMILES string of the molecule is C=CC(=O)OCCOc1ccc(C(C)c2ccc(OC)c(C)c2)cc1C. The average Bonchev–Trinajstić information content (AvgIpc) is 2.65. The van der Waals surface area contributed by atoms with Crippen LogP contribution < -0.4 is 9.47 Å². The van der Waals surface area contributed by atoms with Gasteiger partial charge in [-0.15, -0.1) is 0 Å². The highest BCUT2D eigenvalue weighted by Crippen LogP contribution is 2.30. The van der Waals surface area contributed by atoms with Crippen molar-refractivity contribution in [1.82, 2.24) is 0 Å². The smallest absolute Gasteiger partial charge is 0.330 e. The molecule has 0 N–H and O–H groups in total. The second kappa shape index (κ2) is 9.09. The van der Waals surface area contributed by atoms with Crippen molar-refractivity contribution < 1.29 is 19.0 Å². The van der Waals surface area contributed by atoms with Crippen molar-refractivity contribution in [2.75, 3.05) is 20.3 Å². The first-order valence-electron chi connectivity index (χ1n) is 8.63. The zero-order chi connectivity index (χ0) is 19.1. The van der Waals surface area contributed by atoms with Crippen LogP contribution in [-0.4, -0.2) is 26.3 Å². The maximum atomic E-state index is 11.0. The molecule has 0 aromatic heterocycles. The molecule has 0 fully saturated rings. The number of hydrogen-bond donors (Lipinski definition) is 0. The van der Waals surface area contributed by atoms with Crippen molar-refractivity contribution in [2.45, 2.75) is 26.7 Å². The fourth-order valence-corrected chi connectivity index (χ4v) is 2.82. The standard InChI is InChI=1S/C22H26O4/c1-6-22(23)26-12-11-25-21-10-8-19(14-16(21)3)17(4)18-7-9-20(24-5)15(2)13-18/h6-10,13-14,17H,1,11-12H2,2-5H3. The van der Waals surface area contributed by atoms with Crippen molar-refractivity contribution >= 4 is 5.97 Å². The molecule has 0 spiro atoms. The van der Waals surface area contributed by atoms with E-state index >= 15 is 0 Å². The molecule has 0 saturated heterocycles. The molecule has 0 amide bonds. The van der Waals surface area contributed by atoms with Crippen molar-refractivity contribution in [3.63, 3.8) is 0 Å². The Balaban J connectivity index is 2.04. The predicted octanol–water partition coefficient (Wildman–Crippen LogP) is 4.57. The Hall–Kier alpha value is -2.75. The number of methoxy groups -OCH3 is 1. The lowest BCUT2D eigenvalue weighted by atomic mass is 9.91. The van der Waals surface area contributed by atoms with Crippen molar-refractivity contribution in [3.05, 3.63) is 71.3 Å². The van der Waals surface area contributed by atoms with Crippen LogP contribution in [0.5, 0.6) is 11.5 Å². The van der Waals surface area contributed by atoms with Gasteiger partial charge in [-0.25, -0.2) is 4.79 Å². The number of hydrogen-bond acceptors (Lipinski definition) is 4. The van der Waals surface area contributed by atoms with Crippen LogP contribution in [0.2, 0.25) is 0 Å². The highest BCUT2D eigenvalue weighted by molar-refractivity contribution is 5.81. The molecule has 4 nitrogen and oxygen atoms in total. The summed E-state index contributed by atoms with van der Waals surface area (Å²) in [6, 6.07) is 12.4. The fourth-order valence-electron chi connectivity index (χ4n) is 2.82. The largest absolute Gasteiger partial charge is 0.496 e. The molecule has 0 bridgehead atoms. The van der Waals surface area contributed by atoms with Gasteiger partial charge in [0.1, 0.15) is 24.7 Å². The molecule has 1 unspecified atom stereocenters. The van der Waals surface area contributed by atoms with Gasteiger partial charge in [0, 0.05) is 12.0 Å². The highest BCUT2D eigenvalue weighted by Gasteiger charge is 2.12. The number of ether oxygens (including phenoxy) is 3. The van der Waals surface area contributed by atoms with E-state index in [1.807, 2.05) is 19.1 Å². The summed E-state index contributed by atoms with van der Waals surface area (Å²) in [7, 11) is 1.69. The first kappa shape index (κ1) is 19.6. The lowest BCUT2D eigenvalue weighted by molar-refractivity contribution is -0.138. The van der Waals surface area contributed by atoms with Crippen LogP contribution in [0.1, 0.15) is 35.1 Å². The van der Waals surface area contributed by atoms with Crippen LogP contribution in [0.15, 0.2) is 49.1 Å². The van der Waals surface area contributed by atoms with Crippen LogP contribution in [-0.2, 0) is 9.53 Å². The van der Waals surface area contributed by atoms with Crippen LogP contribution in [0.4, 0.5) is 0 Å². The molecular formula is C22H26O4. The normalized spacial score (nSPS) is 11.5. The summed E-state index contributed by atoms with van der Waals surface area (Å²) in [5.74, 6) is 1.52.